The molecule has 1 fully saturated rings. The van der Waals surface area contributed by atoms with Gasteiger partial charge in [-0.05, 0) is 127 Å². The Morgan fingerprint density at radius 1 is 0.451 bits per heavy atom. The van der Waals surface area contributed by atoms with Crippen LogP contribution in [0.25, 0.3) is 20.3 Å². The molecule has 0 saturated carbocycles. The predicted molar refractivity (Wildman–Crippen MR) is 428 cm³/mol. The van der Waals surface area contributed by atoms with Crippen molar-refractivity contribution in [3.8, 4) is 0 Å². The van der Waals surface area contributed by atoms with Crippen LogP contribution in [0.3, 0.4) is 0 Å². The molecule has 0 spiro atoms. The molecule has 0 bridgehead atoms. The van der Waals surface area contributed by atoms with Gasteiger partial charge in [0.2, 0.25) is 53.2 Å². The van der Waals surface area contributed by atoms with Crippen molar-refractivity contribution in [2.45, 2.75) is 176 Å². The van der Waals surface area contributed by atoms with Gasteiger partial charge in [-0.25, -0.2) is 4.98 Å². The first-order valence-electron chi connectivity index (χ1n) is 36.4. The Bertz CT molecular complexity index is 3900. The van der Waals surface area contributed by atoms with Crippen molar-refractivity contribution in [3.05, 3.63) is 38.9 Å². The number of aliphatic hydroxyl groups excluding tert-OH is 1. The second-order valence-corrected chi connectivity index (χ2v) is 28.5. The summed E-state index contributed by atoms with van der Waals surface area (Å²) in [6.45, 7) is 0.0118. The number of thiophene rings is 1. The van der Waals surface area contributed by atoms with E-state index in [1.54, 1.807) is 4.90 Å². The number of nitrogens with zero attached hydrogens (tertiary/aromatic N) is 2. The fourth-order valence-corrected chi connectivity index (χ4v) is 13.2. The molecule has 0 aliphatic carbocycles. The lowest BCUT2D eigenvalue weighted by Gasteiger charge is -2.29. The van der Waals surface area contributed by atoms with E-state index in [9.17, 15) is 53.1 Å². The molecule has 47 nitrogen and oxygen atoms in total. The number of guanidine groups is 8. The number of rotatable bonds is 51. The lowest BCUT2D eigenvalue weighted by molar-refractivity contribution is -0.136. The Kier molecular flexibility index (Phi) is 40.3. The zero-order valence-electron chi connectivity index (χ0n) is 62.5. The van der Waals surface area contributed by atoms with Crippen molar-refractivity contribution in [2.75, 3.05) is 58.9 Å². The molecule has 0 unspecified atom stereocenters. The molecular formula is C64H111BrN36O11S. The highest BCUT2D eigenvalue weighted by Gasteiger charge is 2.40. The minimum atomic E-state index is -1.60. The third-order valence-electron chi connectivity index (χ3n) is 17.3. The van der Waals surface area contributed by atoms with Crippen LogP contribution in [0.5, 0.6) is 0 Å². The number of aliphatic hydroxyl groups is 1. The normalized spacial score (nSPS) is 15.2. The van der Waals surface area contributed by atoms with Gasteiger partial charge in [-0.2, -0.15) is 0 Å². The maximum absolute atomic E-state index is 15.0. The van der Waals surface area contributed by atoms with Crippen molar-refractivity contribution in [1.29, 1.82) is 43.3 Å². The number of fused-ring (bicyclic) bond motifs is 3. The SMILES string of the molecule is N=C(N)NCCC[C@@H](NC(=O)[C@@H](CCCNC(=N)N)NC(=O)[C@@H](CCCNC(=N)N)NC(=O)[C@@H](CCCNC(=N)N)NC(=O)[C@@H](CCCNC(=N)N)NC(=O)[C@@H](CCCNC(=N)N)NC(=O)[C@@H](CCCNC(=N)N)NC(=O)[C@@H](CCCNC(=N)N)NC(=O)[C@H]1C[C@H](O)CN1Cc1nc2c(sc3ccc(Br)cc32)c(=O)[nH]1)C(N)=O. The minimum absolute atomic E-state index is 0.000524. The van der Waals surface area contributed by atoms with Crippen molar-refractivity contribution in [2.24, 2.45) is 51.6 Å². The van der Waals surface area contributed by atoms with Crippen molar-refractivity contribution < 1.29 is 48.3 Å². The van der Waals surface area contributed by atoms with Crippen LogP contribution in [0.2, 0.25) is 0 Å². The highest BCUT2D eigenvalue weighted by molar-refractivity contribution is 9.10. The third kappa shape index (κ3) is 35.3. The standard InChI is InChI=1S/C64H111BrN36O11S/c65-31-17-18-43-33(27-31)45-46(113-43)56(112)100-44(99-45)30-101-29-32(102)28-42(101)55(111)98-41(16-8-26-90-64(81)82)54(110)97-40(15-7-25-89-63(79)80)53(109)96-39(14-6-24-88-62(77)78)52(108)95-38(13-5-23-87-61(75)76)51(107)94-37(12-4-22-86-60(73)74)50(106)93-36(11-3-21-85-59(71)72)49(105)92-35(10-2-20-84-58(69)70)48(104)91-34(47(66)103)9-1-19-83-57(67)68/h17-18,27,32,34-42,102H,1-16,19-26,28-30H2,(H2,66,103)(H,91,104)(H,92,105)(H,93,106)(H,94,107)(H,95,108)(H,96,109)(H,97,110)(H,98,111)(H4,67,68,83)(H4,69,70,84)(H4,71,72,85)(H4,73,74,86)(H4,75,76,87)(H4,77,78,88)(H4,79,80,89)(H4,81,82,90)(H,99,100,112)/t32-,34+,35+,36+,37+,38+,39+,40+,41+,42+/m0/s1. The van der Waals surface area contributed by atoms with Gasteiger partial charge >= 0.3 is 0 Å². The molecule has 1 aliphatic heterocycles. The number of amides is 9. The van der Waals surface area contributed by atoms with Gasteiger partial charge in [-0.15, -0.1) is 11.3 Å². The number of hydrogen-bond acceptors (Lipinski definition) is 22. The summed E-state index contributed by atoms with van der Waals surface area (Å²) in [6, 6.07) is -7.55. The molecular weight excluding hydrogens is 1560 g/mol. The van der Waals surface area contributed by atoms with Gasteiger partial charge in [-0.1, -0.05) is 15.9 Å². The Morgan fingerprint density at radius 2 is 0.726 bits per heavy atom. The average molecular weight is 1670 g/mol. The maximum Gasteiger partial charge on any atom is 0.268 e. The van der Waals surface area contributed by atoms with Crippen molar-refractivity contribution in [3.63, 3.8) is 0 Å². The number of hydrogen-bond donors (Lipinski definition) is 35. The van der Waals surface area contributed by atoms with E-state index >= 15 is 0 Å². The van der Waals surface area contributed by atoms with Crippen LogP contribution in [-0.2, 0) is 49.7 Å². The summed E-state index contributed by atoms with van der Waals surface area (Å²) in [5.41, 5.74) is 50.0. The monoisotopic (exact) mass is 1670 g/mol. The molecule has 4 rings (SSSR count). The summed E-state index contributed by atoms with van der Waals surface area (Å²) in [5, 5.41) is 115. The van der Waals surface area contributed by atoms with Gasteiger partial charge in [0.05, 0.1) is 24.2 Å². The first-order valence-corrected chi connectivity index (χ1v) is 38.0. The molecule has 9 amide bonds. The number of β-amino-alcohol motifs (C(OH)–C–C–N with tert-alkyl or cyclic N) is 1. The highest BCUT2D eigenvalue weighted by Crippen LogP contribution is 2.33. The Morgan fingerprint density at radius 3 is 1.01 bits per heavy atom. The molecule has 49 heteroatoms. The van der Waals surface area contributed by atoms with Crippen molar-refractivity contribution >= 4 is 148 Å². The molecule has 10 atom stereocenters. The number of halogens is 1. The lowest BCUT2D eigenvalue weighted by Crippen LogP contribution is -2.60. The Balaban J connectivity index is 1.72. The van der Waals surface area contributed by atoms with Crippen LogP contribution in [0.15, 0.2) is 27.5 Å². The molecule has 3 aromatic rings. The van der Waals surface area contributed by atoms with Gasteiger partial charge in [0.25, 0.3) is 5.56 Å². The predicted octanol–water partition coefficient (Wildman–Crippen LogP) is -8.69. The number of likely N-dealkylation sites (tertiary alicyclic amines) is 1. The smallest absolute Gasteiger partial charge is 0.268 e. The maximum atomic E-state index is 15.0. The van der Waals surface area contributed by atoms with Gasteiger partial charge in [-0.3, -0.25) is 96.1 Å². The van der Waals surface area contributed by atoms with E-state index in [4.69, 9.17) is 99.9 Å². The number of aromatic amines is 1. The van der Waals surface area contributed by atoms with Crippen LogP contribution in [0.4, 0.5) is 0 Å². The number of aromatic nitrogens is 2. The summed E-state index contributed by atoms with van der Waals surface area (Å²) in [5.74, 6) is -11.4. The quantitative estimate of drug-likeness (QED) is 0.0142. The van der Waals surface area contributed by atoms with Crippen LogP contribution < -0.4 is 142 Å². The molecule has 1 aromatic carbocycles. The molecule has 2 aromatic heterocycles. The fourth-order valence-electron chi connectivity index (χ4n) is 11.8. The van der Waals surface area contributed by atoms with Crippen LogP contribution in [-0.4, -0.2) is 240 Å². The van der Waals surface area contributed by atoms with Crippen LogP contribution in [0.1, 0.15) is 115 Å². The van der Waals surface area contributed by atoms with Crippen LogP contribution >= 0.6 is 27.3 Å². The fraction of sp³-hybridized carbons (Fsp3) is 0.578. The lowest BCUT2D eigenvalue weighted by atomic mass is 10.0. The summed E-state index contributed by atoms with van der Waals surface area (Å²) in [4.78, 5) is 153. The average Bonchev–Trinajstić information content (AvgIpc) is 1.62. The zero-order valence-corrected chi connectivity index (χ0v) is 64.9. The van der Waals surface area contributed by atoms with E-state index in [2.05, 4.69) is 106 Å². The number of nitrogens with one attached hydrogen (secondary N) is 25. The summed E-state index contributed by atoms with van der Waals surface area (Å²) < 4.78 is 1.95. The summed E-state index contributed by atoms with van der Waals surface area (Å²) >= 11 is 4.73. The molecule has 0 radical (unpaired) electrons. The second kappa shape index (κ2) is 48.7. The summed E-state index contributed by atoms with van der Waals surface area (Å²) in [7, 11) is 0. The Hall–Kier alpha value is -11.9. The summed E-state index contributed by atoms with van der Waals surface area (Å²) in [6.07, 6.45) is -1.96. The van der Waals surface area contributed by atoms with E-state index in [-0.39, 0.29) is 192 Å². The zero-order chi connectivity index (χ0) is 83.9. The van der Waals surface area contributed by atoms with E-state index in [1.807, 2.05) is 18.2 Å². The van der Waals surface area contributed by atoms with Gasteiger partial charge in [0.1, 0.15) is 58.9 Å². The van der Waals surface area contributed by atoms with Gasteiger partial charge in [0.15, 0.2) is 47.7 Å². The third-order valence-corrected chi connectivity index (χ3v) is 19.0. The minimum Gasteiger partial charge on any atom is -0.392 e. The molecule has 44 N–H and O–H groups in total. The number of H-pyrrole nitrogens is 1. The van der Waals surface area contributed by atoms with Crippen molar-refractivity contribution in [1.82, 2.24) is 99.9 Å². The van der Waals surface area contributed by atoms with Gasteiger partial charge < -0.3 is 147 Å². The molecule has 1 saturated heterocycles. The molecule has 626 valence electrons. The van der Waals surface area contributed by atoms with Crippen LogP contribution in [0, 0.1) is 43.3 Å². The van der Waals surface area contributed by atoms with E-state index in [1.165, 1.54) is 11.3 Å². The Labute approximate surface area is 662 Å². The first-order chi connectivity index (χ1) is 53.5. The van der Waals surface area contributed by atoms with Gasteiger partial charge in [0, 0.05) is 73.5 Å². The number of benzene rings is 1. The topological polar surface area (TPSA) is 840 Å². The highest BCUT2D eigenvalue weighted by atomic mass is 79.9. The largest absolute Gasteiger partial charge is 0.392 e. The first kappa shape index (κ1) is 93.5. The number of nitrogens with two attached hydrogens (primary N) is 9. The number of carbonyl (C=O) groups excluding carboxylic acids is 9. The second-order valence-electron chi connectivity index (χ2n) is 26.5. The number of primary amides is 1. The van der Waals surface area contributed by atoms with E-state index < -0.39 is 155 Å². The van der Waals surface area contributed by atoms with E-state index in [0.717, 1.165) is 14.6 Å². The van der Waals surface area contributed by atoms with E-state index in [0.29, 0.717) is 10.2 Å². The molecule has 1 aliphatic rings. The molecule has 113 heavy (non-hydrogen) atoms. The molecule has 3 heterocycles. The number of carbonyl (C=O) groups is 9.